The molecule has 0 saturated heterocycles. The Morgan fingerprint density at radius 1 is 1.85 bits per heavy atom. The van der Waals surface area contributed by atoms with Crippen LogP contribution in [0.2, 0.25) is 0 Å². The van der Waals surface area contributed by atoms with E-state index >= 15 is 0 Å². The largest absolute Gasteiger partial charge is 0.397 e. The lowest BCUT2D eigenvalue weighted by Gasteiger charge is -2.01. The van der Waals surface area contributed by atoms with Crippen LogP contribution in [-0.2, 0) is 7.05 Å². The molecule has 0 aliphatic rings. The molecule has 1 aromatic heterocycles. The van der Waals surface area contributed by atoms with Gasteiger partial charge in [0.2, 0.25) is 0 Å². The monoisotopic (exact) mass is 177 g/mol. The van der Waals surface area contributed by atoms with E-state index in [0.717, 1.165) is 0 Å². The number of terminal acetylenes is 1. The quantitative estimate of drug-likeness (QED) is 0.623. The molecule has 0 bridgehead atoms. The number of aryl methyl sites for hydroxylation is 1. The number of nitrogens with zero attached hydrogens (tertiary/aromatic N) is 1. The van der Waals surface area contributed by atoms with Gasteiger partial charge in [0.1, 0.15) is 5.69 Å². The van der Waals surface area contributed by atoms with Crippen LogP contribution >= 0.6 is 0 Å². The van der Waals surface area contributed by atoms with Crippen LogP contribution in [0, 0.1) is 12.3 Å². The summed E-state index contributed by atoms with van der Waals surface area (Å²) in [5.41, 5.74) is 6.58. The first-order valence-corrected chi connectivity index (χ1v) is 3.78. The summed E-state index contributed by atoms with van der Waals surface area (Å²) >= 11 is 0. The van der Waals surface area contributed by atoms with Crippen LogP contribution in [0.25, 0.3) is 0 Å². The molecule has 1 heterocycles. The van der Waals surface area contributed by atoms with Crippen molar-refractivity contribution in [2.75, 3.05) is 12.3 Å². The molecule has 13 heavy (non-hydrogen) atoms. The van der Waals surface area contributed by atoms with E-state index in [0.29, 0.717) is 11.4 Å². The summed E-state index contributed by atoms with van der Waals surface area (Å²) in [6, 6.07) is 1.60. The zero-order valence-electron chi connectivity index (χ0n) is 7.37. The number of carbonyl (C=O) groups excluding carboxylic acids is 1. The number of hydrogen-bond donors (Lipinski definition) is 2. The maximum atomic E-state index is 11.4. The van der Waals surface area contributed by atoms with Crippen molar-refractivity contribution in [1.82, 2.24) is 9.88 Å². The van der Waals surface area contributed by atoms with Gasteiger partial charge in [-0.05, 0) is 6.07 Å². The highest BCUT2D eigenvalue weighted by molar-refractivity contribution is 5.93. The Hall–Kier alpha value is -1.89. The van der Waals surface area contributed by atoms with Crippen molar-refractivity contribution < 1.29 is 4.79 Å². The SMILES string of the molecule is C#CCNC(=O)c1cc(N)cn1C. The Balaban J connectivity index is 2.78. The second-order valence-electron chi connectivity index (χ2n) is 2.66. The van der Waals surface area contributed by atoms with Gasteiger partial charge in [0, 0.05) is 13.2 Å². The van der Waals surface area contributed by atoms with Gasteiger partial charge in [-0.2, -0.15) is 0 Å². The predicted molar refractivity (Wildman–Crippen MR) is 51.0 cm³/mol. The van der Waals surface area contributed by atoms with Crippen LogP contribution in [-0.4, -0.2) is 17.0 Å². The highest BCUT2D eigenvalue weighted by Crippen LogP contribution is 2.07. The average Bonchev–Trinajstić information content (AvgIpc) is 2.41. The maximum absolute atomic E-state index is 11.4. The number of anilines is 1. The lowest BCUT2D eigenvalue weighted by Crippen LogP contribution is -2.25. The maximum Gasteiger partial charge on any atom is 0.268 e. The van der Waals surface area contributed by atoms with Gasteiger partial charge in [-0.3, -0.25) is 4.79 Å². The summed E-state index contributed by atoms with van der Waals surface area (Å²) in [7, 11) is 1.75. The van der Waals surface area contributed by atoms with Gasteiger partial charge in [-0.25, -0.2) is 0 Å². The summed E-state index contributed by atoms with van der Waals surface area (Å²) < 4.78 is 1.65. The predicted octanol–water partition coefficient (Wildman–Crippen LogP) is -0.0297. The molecular formula is C9H11N3O. The minimum Gasteiger partial charge on any atom is -0.397 e. The standard InChI is InChI=1S/C9H11N3O/c1-3-4-11-9(13)8-5-7(10)6-12(8)2/h1,5-6H,4,10H2,2H3,(H,11,13). The van der Waals surface area contributed by atoms with E-state index in [1.165, 1.54) is 0 Å². The lowest BCUT2D eigenvalue weighted by atomic mass is 10.4. The Morgan fingerprint density at radius 2 is 2.54 bits per heavy atom. The fourth-order valence-corrected chi connectivity index (χ4v) is 1.04. The second kappa shape index (κ2) is 3.68. The highest BCUT2D eigenvalue weighted by Gasteiger charge is 2.08. The molecule has 0 atom stereocenters. The molecule has 1 rings (SSSR count). The number of carbonyl (C=O) groups is 1. The number of nitrogen functional groups attached to an aromatic ring is 1. The molecule has 0 spiro atoms. The Labute approximate surface area is 76.7 Å². The van der Waals surface area contributed by atoms with Crippen LogP contribution in [0.3, 0.4) is 0 Å². The molecule has 0 fully saturated rings. The fourth-order valence-electron chi connectivity index (χ4n) is 1.04. The fraction of sp³-hybridized carbons (Fsp3) is 0.222. The molecule has 1 aromatic rings. The van der Waals surface area contributed by atoms with Gasteiger partial charge in [0.05, 0.1) is 12.2 Å². The Bertz CT molecular complexity index is 359. The van der Waals surface area contributed by atoms with Crippen molar-refractivity contribution in [2.45, 2.75) is 0 Å². The molecule has 0 radical (unpaired) electrons. The molecule has 0 aliphatic heterocycles. The van der Waals surface area contributed by atoms with Crippen molar-refractivity contribution in [3.8, 4) is 12.3 Å². The normalized spacial score (nSPS) is 9.23. The first kappa shape index (κ1) is 9.20. The summed E-state index contributed by atoms with van der Waals surface area (Å²) in [5, 5.41) is 2.55. The van der Waals surface area contributed by atoms with E-state index in [9.17, 15) is 4.79 Å². The van der Waals surface area contributed by atoms with Gasteiger partial charge in [0.25, 0.3) is 5.91 Å². The molecule has 0 saturated carbocycles. The van der Waals surface area contributed by atoms with E-state index in [4.69, 9.17) is 12.2 Å². The van der Waals surface area contributed by atoms with Crippen molar-refractivity contribution in [1.29, 1.82) is 0 Å². The lowest BCUT2D eigenvalue weighted by molar-refractivity contribution is 0.0950. The zero-order valence-corrected chi connectivity index (χ0v) is 7.37. The third-order valence-electron chi connectivity index (χ3n) is 1.61. The number of rotatable bonds is 2. The van der Waals surface area contributed by atoms with E-state index < -0.39 is 0 Å². The van der Waals surface area contributed by atoms with Crippen molar-refractivity contribution in [2.24, 2.45) is 7.05 Å². The summed E-state index contributed by atoms with van der Waals surface area (Å²) in [6.45, 7) is 0.226. The Morgan fingerprint density at radius 3 is 3.00 bits per heavy atom. The minimum atomic E-state index is -0.211. The zero-order chi connectivity index (χ0) is 9.84. The van der Waals surface area contributed by atoms with Crippen molar-refractivity contribution in [3.63, 3.8) is 0 Å². The molecule has 3 N–H and O–H groups in total. The molecule has 4 heteroatoms. The van der Waals surface area contributed by atoms with Crippen LogP contribution in [0.1, 0.15) is 10.5 Å². The number of hydrogen-bond acceptors (Lipinski definition) is 2. The van der Waals surface area contributed by atoms with Gasteiger partial charge in [-0.15, -0.1) is 6.42 Å². The molecule has 0 aromatic carbocycles. The number of nitrogens with one attached hydrogen (secondary N) is 1. The van der Waals surface area contributed by atoms with Crippen molar-refractivity contribution >= 4 is 11.6 Å². The molecule has 0 aliphatic carbocycles. The molecule has 4 nitrogen and oxygen atoms in total. The molecular weight excluding hydrogens is 166 g/mol. The third-order valence-corrected chi connectivity index (χ3v) is 1.61. The van der Waals surface area contributed by atoms with Crippen LogP contribution in [0.5, 0.6) is 0 Å². The second-order valence-corrected chi connectivity index (χ2v) is 2.66. The van der Waals surface area contributed by atoms with Crippen LogP contribution in [0.4, 0.5) is 5.69 Å². The molecule has 0 unspecified atom stereocenters. The van der Waals surface area contributed by atoms with E-state index in [1.54, 1.807) is 23.9 Å². The summed E-state index contributed by atoms with van der Waals surface area (Å²) in [6.07, 6.45) is 6.67. The van der Waals surface area contributed by atoms with Gasteiger partial charge in [0.15, 0.2) is 0 Å². The first-order chi connectivity index (χ1) is 6.15. The smallest absolute Gasteiger partial charge is 0.268 e. The van der Waals surface area contributed by atoms with Gasteiger partial charge in [-0.1, -0.05) is 5.92 Å². The van der Waals surface area contributed by atoms with E-state index in [2.05, 4.69) is 11.2 Å². The van der Waals surface area contributed by atoms with Crippen LogP contribution in [0.15, 0.2) is 12.3 Å². The van der Waals surface area contributed by atoms with Gasteiger partial charge < -0.3 is 15.6 Å². The van der Waals surface area contributed by atoms with Crippen LogP contribution < -0.4 is 11.1 Å². The highest BCUT2D eigenvalue weighted by atomic mass is 16.1. The summed E-state index contributed by atoms with van der Waals surface area (Å²) in [4.78, 5) is 11.4. The topological polar surface area (TPSA) is 60.1 Å². The van der Waals surface area contributed by atoms with E-state index in [1.807, 2.05) is 0 Å². The Kier molecular flexibility index (Phi) is 2.60. The van der Waals surface area contributed by atoms with Gasteiger partial charge >= 0.3 is 0 Å². The van der Waals surface area contributed by atoms with E-state index in [-0.39, 0.29) is 12.5 Å². The third kappa shape index (κ3) is 2.03. The van der Waals surface area contributed by atoms with Crippen molar-refractivity contribution in [3.05, 3.63) is 18.0 Å². The minimum absolute atomic E-state index is 0.211. The first-order valence-electron chi connectivity index (χ1n) is 3.78. The summed E-state index contributed by atoms with van der Waals surface area (Å²) in [5.74, 6) is 2.11. The molecule has 1 amide bonds. The number of amides is 1. The number of nitrogens with two attached hydrogens (primary N) is 1. The molecule has 68 valence electrons. The average molecular weight is 177 g/mol. The number of aromatic nitrogens is 1.